The highest BCUT2D eigenvalue weighted by Crippen LogP contribution is 2.39. The highest BCUT2D eigenvalue weighted by molar-refractivity contribution is 9.10. The summed E-state index contributed by atoms with van der Waals surface area (Å²) in [5.74, 6) is 0.725. The van der Waals surface area contributed by atoms with Gasteiger partial charge in [-0.15, -0.1) is 0 Å². The van der Waals surface area contributed by atoms with Crippen molar-refractivity contribution in [2.75, 3.05) is 5.32 Å². The Labute approximate surface area is 129 Å². The number of hydrogen-bond donors (Lipinski definition) is 1. The van der Waals surface area contributed by atoms with Crippen molar-refractivity contribution in [3.63, 3.8) is 0 Å². The Morgan fingerprint density at radius 1 is 1.00 bits per heavy atom. The first-order valence-corrected chi connectivity index (χ1v) is 8.01. The lowest BCUT2D eigenvalue weighted by molar-refractivity contribution is 0.373. The molecule has 1 saturated carbocycles. The third-order valence-corrected chi connectivity index (χ3v) is 5.16. The minimum absolute atomic E-state index is 0.606. The quantitative estimate of drug-likeness (QED) is 0.792. The molecular weight excluding hydrogens is 310 g/mol. The van der Waals surface area contributed by atoms with Crippen molar-refractivity contribution >= 4 is 21.6 Å². The molecule has 0 aromatic heterocycles. The molecule has 0 atom stereocenters. The summed E-state index contributed by atoms with van der Waals surface area (Å²) in [6.07, 6.45) is 2.46. The van der Waals surface area contributed by atoms with Crippen molar-refractivity contribution in [3.05, 3.63) is 63.6 Å². The smallest absolute Gasteiger partial charge is 0.0353 e. The maximum absolute atomic E-state index is 3.64. The predicted molar refractivity (Wildman–Crippen MR) is 89.4 cm³/mol. The van der Waals surface area contributed by atoms with Crippen molar-refractivity contribution in [3.8, 4) is 0 Å². The predicted octanol–water partition coefficient (Wildman–Crippen LogP) is 5.42. The fourth-order valence-corrected chi connectivity index (χ4v) is 3.33. The number of rotatable bonds is 3. The number of halogens is 1. The van der Waals surface area contributed by atoms with Crippen LogP contribution in [-0.2, 0) is 0 Å². The molecule has 0 aliphatic heterocycles. The minimum Gasteiger partial charge on any atom is -0.382 e. The van der Waals surface area contributed by atoms with E-state index < -0.39 is 0 Å². The van der Waals surface area contributed by atoms with Gasteiger partial charge in [0.2, 0.25) is 0 Å². The van der Waals surface area contributed by atoms with Gasteiger partial charge in [0.05, 0.1) is 0 Å². The molecule has 2 aromatic rings. The number of anilines is 1. The van der Waals surface area contributed by atoms with E-state index in [9.17, 15) is 0 Å². The van der Waals surface area contributed by atoms with Crippen LogP contribution in [0.1, 0.15) is 35.4 Å². The summed E-state index contributed by atoms with van der Waals surface area (Å²) in [6, 6.07) is 15.9. The number of hydrogen-bond acceptors (Lipinski definition) is 1. The standard InChI is InChI=1S/C18H20BrN/c1-12-5-3-4-6-17(12)14-9-16(10-14)20-15-8-7-13(2)18(19)11-15/h3-8,11,14,16,20H,9-10H2,1-2H3. The van der Waals surface area contributed by atoms with E-state index in [1.165, 1.54) is 39.7 Å². The highest BCUT2D eigenvalue weighted by Gasteiger charge is 2.30. The summed E-state index contributed by atoms with van der Waals surface area (Å²) in [7, 11) is 0. The maximum atomic E-state index is 3.64. The van der Waals surface area contributed by atoms with Crippen LogP contribution in [0.4, 0.5) is 5.69 Å². The van der Waals surface area contributed by atoms with Crippen molar-refractivity contribution in [2.45, 2.75) is 38.6 Å². The summed E-state index contributed by atoms with van der Waals surface area (Å²) in [5.41, 5.74) is 5.45. The van der Waals surface area contributed by atoms with Crippen molar-refractivity contribution in [1.29, 1.82) is 0 Å². The zero-order valence-corrected chi connectivity index (χ0v) is 13.6. The molecule has 1 nitrogen and oxygen atoms in total. The fourth-order valence-electron chi connectivity index (χ4n) is 2.95. The van der Waals surface area contributed by atoms with Gasteiger partial charge in [0.25, 0.3) is 0 Å². The molecular formula is C18H20BrN. The summed E-state index contributed by atoms with van der Waals surface area (Å²) in [5, 5.41) is 3.64. The normalized spacial score (nSPS) is 21.4. The third kappa shape index (κ3) is 2.76. The Hall–Kier alpha value is -1.28. The monoisotopic (exact) mass is 329 g/mol. The van der Waals surface area contributed by atoms with Crippen LogP contribution in [0.15, 0.2) is 46.9 Å². The molecule has 20 heavy (non-hydrogen) atoms. The van der Waals surface area contributed by atoms with Crippen LogP contribution in [0, 0.1) is 13.8 Å². The molecule has 0 heterocycles. The lowest BCUT2D eigenvalue weighted by Gasteiger charge is -2.37. The Morgan fingerprint density at radius 2 is 1.75 bits per heavy atom. The fraction of sp³-hybridized carbons (Fsp3) is 0.333. The van der Waals surface area contributed by atoms with Crippen LogP contribution in [-0.4, -0.2) is 6.04 Å². The average molecular weight is 330 g/mol. The van der Waals surface area contributed by atoms with Crippen molar-refractivity contribution in [1.82, 2.24) is 0 Å². The maximum Gasteiger partial charge on any atom is 0.0353 e. The van der Waals surface area contributed by atoms with Gasteiger partial charge < -0.3 is 5.32 Å². The molecule has 0 bridgehead atoms. The van der Waals surface area contributed by atoms with Gasteiger partial charge in [0.1, 0.15) is 0 Å². The number of aryl methyl sites for hydroxylation is 2. The summed E-state index contributed by atoms with van der Waals surface area (Å²) < 4.78 is 1.18. The van der Waals surface area contributed by atoms with E-state index in [1.807, 2.05) is 0 Å². The first-order valence-electron chi connectivity index (χ1n) is 7.21. The van der Waals surface area contributed by atoms with E-state index in [4.69, 9.17) is 0 Å². The summed E-state index contributed by atoms with van der Waals surface area (Å²) >= 11 is 3.59. The van der Waals surface area contributed by atoms with Crippen LogP contribution in [0.2, 0.25) is 0 Å². The number of nitrogens with one attached hydrogen (secondary N) is 1. The van der Waals surface area contributed by atoms with Gasteiger partial charge in [-0.05, 0) is 61.4 Å². The Balaban J connectivity index is 1.61. The molecule has 1 aliphatic rings. The lowest BCUT2D eigenvalue weighted by Crippen LogP contribution is -2.34. The second-order valence-electron chi connectivity index (χ2n) is 5.83. The van der Waals surface area contributed by atoms with E-state index in [2.05, 4.69) is 77.6 Å². The first kappa shape index (κ1) is 13.7. The van der Waals surface area contributed by atoms with Gasteiger partial charge in [0, 0.05) is 16.2 Å². The molecule has 2 heteroatoms. The Bertz CT molecular complexity index is 615. The summed E-state index contributed by atoms with van der Waals surface area (Å²) in [6.45, 7) is 4.33. The molecule has 1 aliphatic carbocycles. The lowest BCUT2D eigenvalue weighted by atomic mass is 9.74. The second kappa shape index (κ2) is 5.61. The van der Waals surface area contributed by atoms with Crippen LogP contribution < -0.4 is 5.32 Å². The topological polar surface area (TPSA) is 12.0 Å². The van der Waals surface area contributed by atoms with Gasteiger partial charge in [0.15, 0.2) is 0 Å². The molecule has 3 rings (SSSR count). The number of benzene rings is 2. The van der Waals surface area contributed by atoms with Crippen LogP contribution in [0.3, 0.4) is 0 Å². The first-order chi connectivity index (χ1) is 9.63. The van der Waals surface area contributed by atoms with E-state index in [-0.39, 0.29) is 0 Å². The summed E-state index contributed by atoms with van der Waals surface area (Å²) in [4.78, 5) is 0. The second-order valence-corrected chi connectivity index (χ2v) is 6.68. The largest absolute Gasteiger partial charge is 0.382 e. The highest BCUT2D eigenvalue weighted by atomic mass is 79.9. The van der Waals surface area contributed by atoms with Crippen LogP contribution in [0.5, 0.6) is 0 Å². The van der Waals surface area contributed by atoms with Crippen molar-refractivity contribution in [2.24, 2.45) is 0 Å². The minimum atomic E-state index is 0.606. The molecule has 0 unspecified atom stereocenters. The zero-order valence-electron chi connectivity index (χ0n) is 12.0. The Kier molecular flexibility index (Phi) is 3.84. The van der Waals surface area contributed by atoms with Crippen molar-refractivity contribution < 1.29 is 0 Å². The van der Waals surface area contributed by atoms with Gasteiger partial charge in [-0.1, -0.05) is 46.3 Å². The van der Waals surface area contributed by atoms with Crippen LogP contribution in [0.25, 0.3) is 0 Å². The molecule has 0 amide bonds. The molecule has 0 spiro atoms. The molecule has 2 aromatic carbocycles. The van der Waals surface area contributed by atoms with Gasteiger partial charge >= 0.3 is 0 Å². The Morgan fingerprint density at radius 3 is 2.45 bits per heavy atom. The molecule has 104 valence electrons. The van der Waals surface area contributed by atoms with E-state index in [0.29, 0.717) is 6.04 Å². The third-order valence-electron chi connectivity index (χ3n) is 4.31. The molecule has 1 fully saturated rings. The van der Waals surface area contributed by atoms with E-state index in [1.54, 1.807) is 0 Å². The van der Waals surface area contributed by atoms with Gasteiger partial charge in [-0.25, -0.2) is 0 Å². The van der Waals surface area contributed by atoms with Gasteiger partial charge in [-0.3, -0.25) is 0 Å². The van der Waals surface area contributed by atoms with Crippen LogP contribution >= 0.6 is 15.9 Å². The molecule has 0 radical (unpaired) electrons. The van der Waals surface area contributed by atoms with Gasteiger partial charge in [-0.2, -0.15) is 0 Å². The van der Waals surface area contributed by atoms with E-state index >= 15 is 0 Å². The van der Waals surface area contributed by atoms with E-state index in [0.717, 1.165) is 5.92 Å². The molecule has 0 saturated heterocycles. The average Bonchev–Trinajstić information content (AvgIpc) is 2.39. The SMILES string of the molecule is Cc1ccc(NC2CC(c3ccccc3C)C2)cc1Br. The molecule has 1 N–H and O–H groups in total. The zero-order chi connectivity index (χ0) is 14.1.